The van der Waals surface area contributed by atoms with Gasteiger partial charge in [0, 0.05) is 6.54 Å². The maximum Gasteiger partial charge on any atom is 0.233 e. The van der Waals surface area contributed by atoms with Crippen LogP contribution in [0.1, 0.15) is 32.6 Å². The molecule has 4 heteroatoms. The summed E-state index contributed by atoms with van der Waals surface area (Å²) < 4.78 is 0. The lowest BCUT2D eigenvalue weighted by Gasteiger charge is -2.06. The fourth-order valence-electron chi connectivity index (χ4n) is 1.37. The topological polar surface area (TPSA) is 61.4 Å². The molecule has 1 fully saturated rings. The second-order valence-corrected chi connectivity index (χ2v) is 4.42. The van der Waals surface area contributed by atoms with E-state index in [1.807, 2.05) is 0 Å². The number of nitrogens with one attached hydrogen (secondary N) is 2. The van der Waals surface area contributed by atoms with Crippen molar-refractivity contribution in [2.75, 3.05) is 19.6 Å². The third kappa shape index (κ3) is 7.33. The quantitative estimate of drug-likeness (QED) is 0.508. The minimum Gasteiger partial charge on any atom is -0.393 e. The van der Waals surface area contributed by atoms with Crippen LogP contribution in [0.3, 0.4) is 0 Å². The van der Waals surface area contributed by atoms with Gasteiger partial charge < -0.3 is 15.7 Å². The van der Waals surface area contributed by atoms with Crippen molar-refractivity contribution in [3.8, 4) is 0 Å². The fraction of sp³-hybridized carbons (Fsp3) is 0.909. The van der Waals surface area contributed by atoms with E-state index >= 15 is 0 Å². The number of aliphatic hydroxyl groups is 1. The SMILES string of the molecule is CC(O)CCCNCC(=O)NCC1CC1. The Hall–Kier alpha value is -0.610. The van der Waals surface area contributed by atoms with Crippen molar-refractivity contribution in [2.45, 2.75) is 38.7 Å². The molecular weight excluding hydrogens is 192 g/mol. The van der Waals surface area contributed by atoms with Gasteiger partial charge in [-0.2, -0.15) is 0 Å². The molecule has 0 aliphatic heterocycles. The molecule has 3 N–H and O–H groups in total. The molecule has 0 aromatic carbocycles. The Morgan fingerprint density at radius 2 is 2.27 bits per heavy atom. The van der Waals surface area contributed by atoms with Crippen LogP contribution in [0, 0.1) is 5.92 Å². The van der Waals surface area contributed by atoms with Crippen molar-refractivity contribution in [1.29, 1.82) is 0 Å². The van der Waals surface area contributed by atoms with Gasteiger partial charge >= 0.3 is 0 Å². The predicted octanol–water partition coefficient (Wildman–Crippen LogP) is 0.263. The maximum atomic E-state index is 11.2. The number of hydrogen-bond acceptors (Lipinski definition) is 3. The molecule has 0 radical (unpaired) electrons. The summed E-state index contributed by atoms with van der Waals surface area (Å²) >= 11 is 0. The molecule has 15 heavy (non-hydrogen) atoms. The van der Waals surface area contributed by atoms with Gasteiger partial charge in [-0.1, -0.05) is 0 Å². The summed E-state index contributed by atoms with van der Waals surface area (Å²) in [6.07, 6.45) is 3.99. The molecule has 0 aromatic heterocycles. The number of rotatable bonds is 8. The Morgan fingerprint density at radius 1 is 1.53 bits per heavy atom. The van der Waals surface area contributed by atoms with Crippen LogP contribution in [0.2, 0.25) is 0 Å². The van der Waals surface area contributed by atoms with Crippen LogP contribution in [0.15, 0.2) is 0 Å². The van der Waals surface area contributed by atoms with Gasteiger partial charge in [0.25, 0.3) is 0 Å². The number of carbonyl (C=O) groups excluding carboxylic acids is 1. The number of hydrogen-bond donors (Lipinski definition) is 3. The lowest BCUT2D eigenvalue weighted by Crippen LogP contribution is -2.35. The summed E-state index contributed by atoms with van der Waals surface area (Å²) in [5.74, 6) is 0.822. The minimum absolute atomic E-state index is 0.0824. The zero-order chi connectivity index (χ0) is 11.1. The highest BCUT2D eigenvalue weighted by atomic mass is 16.3. The van der Waals surface area contributed by atoms with Gasteiger partial charge in [0.05, 0.1) is 12.6 Å². The summed E-state index contributed by atoms with van der Waals surface area (Å²) in [5.41, 5.74) is 0. The summed E-state index contributed by atoms with van der Waals surface area (Å²) in [6.45, 7) is 3.81. The summed E-state index contributed by atoms with van der Waals surface area (Å²) in [7, 11) is 0. The first-order valence-corrected chi connectivity index (χ1v) is 5.84. The van der Waals surface area contributed by atoms with Crippen LogP contribution in [0.4, 0.5) is 0 Å². The van der Waals surface area contributed by atoms with Crippen LogP contribution in [-0.4, -0.2) is 36.8 Å². The largest absolute Gasteiger partial charge is 0.393 e. The molecular formula is C11H22N2O2. The van der Waals surface area contributed by atoms with E-state index in [-0.39, 0.29) is 12.0 Å². The fourth-order valence-corrected chi connectivity index (χ4v) is 1.37. The molecule has 1 atom stereocenters. The molecule has 1 unspecified atom stereocenters. The second-order valence-electron chi connectivity index (χ2n) is 4.42. The maximum absolute atomic E-state index is 11.2. The van der Waals surface area contributed by atoms with E-state index < -0.39 is 0 Å². The zero-order valence-electron chi connectivity index (χ0n) is 9.46. The number of carbonyl (C=O) groups is 1. The van der Waals surface area contributed by atoms with E-state index in [1.54, 1.807) is 6.92 Å². The average Bonchev–Trinajstić information content (AvgIpc) is 2.97. The Bertz CT molecular complexity index is 191. The van der Waals surface area contributed by atoms with E-state index in [9.17, 15) is 4.79 Å². The highest BCUT2D eigenvalue weighted by Crippen LogP contribution is 2.27. The second kappa shape index (κ2) is 6.80. The Kier molecular flexibility index (Phi) is 5.65. The first-order chi connectivity index (χ1) is 7.18. The number of aliphatic hydroxyl groups excluding tert-OH is 1. The van der Waals surface area contributed by atoms with Crippen LogP contribution in [-0.2, 0) is 4.79 Å². The third-order valence-electron chi connectivity index (χ3n) is 2.55. The molecule has 1 saturated carbocycles. The Balaban J connectivity index is 1.83. The molecule has 1 aliphatic rings. The minimum atomic E-state index is -0.240. The lowest BCUT2D eigenvalue weighted by atomic mass is 10.2. The van der Waals surface area contributed by atoms with Gasteiger partial charge in [0.2, 0.25) is 5.91 Å². The van der Waals surface area contributed by atoms with Gasteiger partial charge in [0.15, 0.2) is 0 Å². The van der Waals surface area contributed by atoms with Gasteiger partial charge in [-0.25, -0.2) is 0 Å². The van der Waals surface area contributed by atoms with Crippen LogP contribution in [0.5, 0.6) is 0 Å². The van der Waals surface area contributed by atoms with Gasteiger partial charge in [0.1, 0.15) is 0 Å². The molecule has 1 aliphatic carbocycles. The smallest absolute Gasteiger partial charge is 0.233 e. The van der Waals surface area contributed by atoms with Gasteiger partial charge in [-0.3, -0.25) is 4.79 Å². The molecule has 1 rings (SSSR count). The summed E-state index contributed by atoms with van der Waals surface area (Å²) in [5, 5.41) is 15.0. The standard InChI is InChI=1S/C11H22N2O2/c1-9(14)3-2-6-12-8-11(15)13-7-10-4-5-10/h9-10,12,14H,2-8H2,1H3,(H,13,15). The molecule has 88 valence electrons. The third-order valence-corrected chi connectivity index (χ3v) is 2.55. The molecule has 0 heterocycles. The summed E-state index contributed by atoms with van der Waals surface area (Å²) in [4.78, 5) is 11.2. The first kappa shape index (κ1) is 12.5. The first-order valence-electron chi connectivity index (χ1n) is 5.84. The summed E-state index contributed by atoms with van der Waals surface area (Å²) in [6, 6.07) is 0. The lowest BCUT2D eigenvalue weighted by molar-refractivity contribution is -0.120. The van der Waals surface area contributed by atoms with Crippen molar-refractivity contribution in [3.63, 3.8) is 0 Å². The molecule has 4 nitrogen and oxygen atoms in total. The van der Waals surface area contributed by atoms with E-state index in [4.69, 9.17) is 5.11 Å². The van der Waals surface area contributed by atoms with E-state index in [1.165, 1.54) is 12.8 Å². The van der Waals surface area contributed by atoms with E-state index in [0.717, 1.165) is 31.8 Å². The molecule has 0 saturated heterocycles. The molecule has 0 aromatic rings. The van der Waals surface area contributed by atoms with Gasteiger partial charge in [-0.05, 0) is 45.1 Å². The van der Waals surface area contributed by atoms with Crippen LogP contribution < -0.4 is 10.6 Å². The Labute approximate surface area is 91.4 Å². The normalized spacial score (nSPS) is 17.5. The molecule has 0 bridgehead atoms. The predicted molar refractivity (Wildman–Crippen MR) is 59.5 cm³/mol. The van der Waals surface area contributed by atoms with Crippen LogP contribution >= 0.6 is 0 Å². The van der Waals surface area contributed by atoms with Crippen molar-refractivity contribution in [3.05, 3.63) is 0 Å². The molecule has 0 spiro atoms. The van der Waals surface area contributed by atoms with Crippen molar-refractivity contribution >= 4 is 5.91 Å². The van der Waals surface area contributed by atoms with Crippen molar-refractivity contribution in [2.24, 2.45) is 5.92 Å². The highest BCUT2D eigenvalue weighted by Gasteiger charge is 2.21. The number of amides is 1. The highest BCUT2D eigenvalue weighted by molar-refractivity contribution is 5.77. The van der Waals surface area contributed by atoms with Crippen LogP contribution in [0.25, 0.3) is 0 Å². The Morgan fingerprint density at radius 3 is 2.87 bits per heavy atom. The van der Waals surface area contributed by atoms with Gasteiger partial charge in [-0.15, -0.1) is 0 Å². The van der Waals surface area contributed by atoms with Crippen molar-refractivity contribution in [1.82, 2.24) is 10.6 Å². The molecule has 1 amide bonds. The zero-order valence-corrected chi connectivity index (χ0v) is 9.46. The average molecular weight is 214 g/mol. The van der Waals surface area contributed by atoms with E-state index in [2.05, 4.69) is 10.6 Å². The monoisotopic (exact) mass is 214 g/mol. The van der Waals surface area contributed by atoms with Crippen molar-refractivity contribution < 1.29 is 9.90 Å². The van der Waals surface area contributed by atoms with E-state index in [0.29, 0.717) is 6.54 Å².